The molecule has 0 spiro atoms. The number of oxime groups is 1. The summed E-state index contributed by atoms with van der Waals surface area (Å²) in [4.78, 5) is 72.2. The number of rotatable bonds is 14. The van der Waals surface area contributed by atoms with Gasteiger partial charge >= 0.3 is 41.6 Å². The van der Waals surface area contributed by atoms with Gasteiger partial charge in [0.1, 0.15) is 30.3 Å². The van der Waals surface area contributed by atoms with E-state index in [1.165, 1.54) is 19.2 Å². The average molecular weight is 759 g/mol. The van der Waals surface area contributed by atoms with Gasteiger partial charge in [-0.1, -0.05) is 65.8 Å². The van der Waals surface area contributed by atoms with Gasteiger partial charge in [0.25, 0.3) is 11.8 Å². The second-order valence-electron chi connectivity index (χ2n) is 10.6. The summed E-state index contributed by atoms with van der Waals surface area (Å²) in [5, 5.41) is 9.72. The Hall–Kier alpha value is -4.11. The van der Waals surface area contributed by atoms with E-state index in [0.29, 0.717) is 11.1 Å². The molecular formula is C29H28ClN6NaO11S2. The fourth-order valence-corrected chi connectivity index (χ4v) is 5.95. The number of halogens is 1. The number of β-lactam (4-membered cyclic amide) rings is 1. The number of anilines is 1. The minimum Gasteiger partial charge on any atom is -0.731 e. The Balaban J connectivity index is 0.00000676. The Morgan fingerprint density at radius 3 is 2.20 bits per heavy atom. The monoisotopic (exact) mass is 758 g/mol. The van der Waals surface area contributed by atoms with Gasteiger partial charge in [-0.25, -0.2) is 27.3 Å². The number of aromatic nitrogens is 1. The van der Waals surface area contributed by atoms with Gasteiger partial charge in [-0.15, -0.1) is 22.9 Å². The Kier molecular flexibility index (Phi) is 13.9. The third kappa shape index (κ3) is 9.99. The SMILES string of the molecule is CC(C)(ON=C(C(=O)N[C@H]1C(=O)N(S(=O)(=O)[O-])[C@H]1COC(N)=O)c1csc(NC(=O)CCl)n1)C(=O)OC(c1ccccc1)c1ccccc1.[Na+]. The Morgan fingerprint density at radius 2 is 1.68 bits per heavy atom. The fourth-order valence-electron chi connectivity index (χ4n) is 4.32. The summed E-state index contributed by atoms with van der Waals surface area (Å²) in [5.74, 6) is -4.45. The molecular weight excluding hydrogens is 731 g/mol. The van der Waals surface area contributed by atoms with E-state index in [0.717, 1.165) is 11.3 Å². The first kappa shape index (κ1) is 40.3. The third-order valence-corrected chi connectivity index (χ3v) is 8.64. The van der Waals surface area contributed by atoms with Gasteiger partial charge in [-0.05, 0) is 25.0 Å². The number of alkyl halides is 1. The van der Waals surface area contributed by atoms with Crippen molar-refractivity contribution < 1.29 is 80.8 Å². The molecule has 260 valence electrons. The summed E-state index contributed by atoms with van der Waals surface area (Å²) in [7, 11) is -5.37. The molecule has 0 aliphatic carbocycles. The van der Waals surface area contributed by atoms with Crippen molar-refractivity contribution in [2.75, 3.05) is 17.8 Å². The van der Waals surface area contributed by atoms with E-state index in [4.69, 9.17) is 26.9 Å². The quantitative estimate of drug-likeness (QED) is 0.0320. The maximum Gasteiger partial charge on any atom is 1.00 e. The number of primary amides is 1. The number of hydrogen-bond donors (Lipinski definition) is 3. The molecule has 2 aromatic carbocycles. The predicted octanol–water partition coefficient (Wildman–Crippen LogP) is -1.59. The number of carbonyl (C=O) groups is 5. The molecule has 0 unspecified atom stereocenters. The maximum atomic E-state index is 13.5. The molecule has 3 aromatic rings. The van der Waals surface area contributed by atoms with Gasteiger partial charge in [0, 0.05) is 5.38 Å². The molecule has 1 aromatic heterocycles. The smallest absolute Gasteiger partial charge is 0.731 e. The number of nitrogens with two attached hydrogens (primary N) is 1. The van der Waals surface area contributed by atoms with Crippen LogP contribution in [0, 0.1) is 0 Å². The van der Waals surface area contributed by atoms with Crippen molar-refractivity contribution >= 4 is 73.9 Å². The molecule has 17 nitrogen and oxygen atoms in total. The van der Waals surface area contributed by atoms with Gasteiger partial charge in [0.05, 0.1) is 0 Å². The van der Waals surface area contributed by atoms with E-state index in [1.54, 1.807) is 60.7 Å². The Labute approximate surface area is 316 Å². The van der Waals surface area contributed by atoms with Crippen LogP contribution in [0.15, 0.2) is 71.2 Å². The van der Waals surface area contributed by atoms with Crippen molar-refractivity contribution in [3.63, 3.8) is 0 Å². The second-order valence-corrected chi connectivity index (χ2v) is 13.0. The Bertz CT molecular complexity index is 1820. The summed E-state index contributed by atoms with van der Waals surface area (Å²) in [6.07, 6.45) is -2.19. The molecule has 0 radical (unpaired) electrons. The first-order valence-corrected chi connectivity index (χ1v) is 16.8. The van der Waals surface area contributed by atoms with Crippen LogP contribution in [0.1, 0.15) is 36.8 Å². The number of amides is 4. The van der Waals surface area contributed by atoms with Crippen LogP contribution in [0.2, 0.25) is 0 Å². The molecule has 2 atom stereocenters. The minimum absolute atomic E-state index is 0. The molecule has 50 heavy (non-hydrogen) atoms. The van der Waals surface area contributed by atoms with Gasteiger partial charge in [-0.2, -0.15) is 0 Å². The first-order valence-electron chi connectivity index (χ1n) is 14.0. The second kappa shape index (κ2) is 17.2. The first-order chi connectivity index (χ1) is 23.1. The van der Waals surface area contributed by atoms with E-state index >= 15 is 0 Å². The minimum atomic E-state index is -5.37. The molecule has 1 aliphatic rings. The summed E-state index contributed by atoms with van der Waals surface area (Å²) >= 11 is 6.39. The molecule has 1 aliphatic heterocycles. The number of ether oxygens (including phenoxy) is 2. The number of carbonyl (C=O) groups excluding carboxylic acids is 5. The topological polar surface area (TPSA) is 249 Å². The Morgan fingerprint density at radius 1 is 1.10 bits per heavy atom. The summed E-state index contributed by atoms with van der Waals surface area (Å²) in [6, 6.07) is 14.4. The normalized spacial score (nSPS) is 16.1. The number of nitrogens with zero attached hydrogens (tertiary/aromatic N) is 3. The molecule has 0 saturated carbocycles. The molecule has 0 bridgehead atoms. The number of nitrogens with one attached hydrogen (secondary N) is 2. The average Bonchev–Trinajstić information content (AvgIpc) is 3.51. The number of hydrogen-bond acceptors (Lipinski definition) is 14. The standard InChI is InChI=1S/C29H29ClN6O11S2.Na/c1-29(2,26(40)46-23(16-9-5-3-6-10-16)17-11-7-4-8-12-17)47-35-21(18-15-48-28(32-18)33-20(37)13-30)24(38)34-22-19(14-45-27(31)41)36(25(22)39)49(42,43)44;/h3-12,15,19,22-23H,13-14H2,1-2H3,(H2,31,41)(H,34,38)(H,32,33,37)(H,42,43,44);/q;+1/p-1/t19-,22+;/m0./s1. The largest absolute Gasteiger partial charge is 1.00 e. The van der Waals surface area contributed by atoms with Crippen LogP contribution in [0.3, 0.4) is 0 Å². The fraction of sp³-hybridized carbons (Fsp3) is 0.276. The van der Waals surface area contributed by atoms with E-state index in [1.807, 2.05) is 0 Å². The van der Waals surface area contributed by atoms with Crippen LogP contribution in [0.5, 0.6) is 0 Å². The summed E-state index contributed by atoms with van der Waals surface area (Å²) in [6.45, 7) is 1.78. The van der Waals surface area contributed by atoms with Crippen LogP contribution in [0.4, 0.5) is 9.93 Å². The number of thiazole rings is 1. The predicted molar refractivity (Wildman–Crippen MR) is 172 cm³/mol. The van der Waals surface area contributed by atoms with Gasteiger partial charge in [0.2, 0.25) is 11.5 Å². The molecule has 2 heterocycles. The van der Waals surface area contributed by atoms with Crippen LogP contribution in [-0.4, -0.2) is 87.9 Å². The van der Waals surface area contributed by atoms with Crippen molar-refractivity contribution in [3.05, 3.63) is 82.9 Å². The van der Waals surface area contributed by atoms with E-state index in [-0.39, 0.29) is 44.7 Å². The van der Waals surface area contributed by atoms with Crippen LogP contribution in [0.25, 0.3) is 0 Å². The van der Waals surface area contributed by atoms with Crippen LogP contribution >= 0.6 is 22.9 Å². The van der Waals surface area contributed by atoms with Gasteiger partial charge < -0.3 is 35.2 Å². The summed E-state index contributed by atoms with van der Waals surface area (Å²) < 4.78 is 45.2. The third-order valence-electron chi connectivity index (χ3n) is 6.71. The zero-order valence-corrected chi connectivity index (χ0v) is 31.0. The van der Waals surface area contributed by atoms with Crippen molar-refractivity contribution in [1.82, 2.24) is 14.6 Å². The zero-order chi connectivity index (χ0) is 35.9. The molecule has 1 saturated heterocycles. The molecule has 4 rings (SSSR count). The molecule has 4 N–H and O–H groups in total. The molecule has 4 amide bonds. The maximum absolute atomic E-state index is 13.5. The van der Waals surface area contributed by atoms with E-state index in [2.05, 4.69) is 25.5 Å². The van der Waals surface area contributed by atoms with E-state index in [9.17, 15) is 36.9 Å². The number of esters is 1. The van der Waals surface area contributed by atoms with Crippen LogP contribution < -0.4 is 45.9 Å². The van der Waals surface area contributed by atoms with Crippen molar-refractivity contribution in [2.24, 2.45) is 10.9 Å². The number of benzene rings is 2. The zero-order valence-electron chi connectivity index (χ0n) is 26.6. The van der Waals surface area contributed by atoms with Crippen molar-refractivity contribution in [3.8, 4) is 0 Å². The van der Waals surface area contributed by atoms with Crippen LogP contribution in [-0.2, 0) is 43.8 Å². The summed E-state index contributed by atoms with van der Waals surface area (Å²) in [5.41, 5.74) is 3.54. The van der Waals surface area contributed by atoms with Gasteiger partial charge in [-0.3, -0.25) is 14.4 Å². The molecule has 1 fully saturated rings. The van der Waals surface area contributed by atoms with Gasteiger partial charge in [0.15, 0.2) is 27.3 Å². The van der Waals surface area contributed by atoms with Crippen molar-refractivity contribution in [2.45, 2.75) is 37.6 Å². The van der Waals surface area contributed by atoms with Crippen molar-refractivity contribution in [1.29, 1.82) is 0 Å². The molecule has 21 heteroatoms. The van der Waals surface area contributed by atoms with E-state index < -0.39 is 82.1 Å².